The van der Waals surface area contributed by atoms with Crippen molar-refractivity contribution in [2.75, 3.05) is 0 Å². The van der Waals surface area contributed by atoms with E-state index in [1.165, 1.54) is 28.7 Å². The lowest BCUT2D eigenvalue weighted by Gasteiger charge is -2.28. The topological polar surface area (TPSA) is 67.9 Å². The predicted octanol–water partition coefficient (Wildman–Crippen LogP) is 5.32. The molecular formula is C22H27N3O2S. The van der Waals surface area contributed by atoms with Gasteiger partial charge in [-0.25, -0.2) is 4.98 Å². The van der Waals surface area contributed by atoms with E-state index in [2.05, 4.69) is 10.2 Å². The number of pyridine rings is 1. The van der Waals surface area contributed by atoms with Gasteiger partial charge in [0.2, 0.25) is 0 Å². The second-order valence-corrected chi connectivity index (χ2v) is 9.65. The van der Waals surface area contributed by atoms with E-state index in [4.69, 9.17) is 9.72 Å². The van der Waals surface area contributed by atoms with Crippen molar-refractivity contribution in [3.8, 4) is 11.3 Å². The number of ketones is 1. The number of carbonyl (C=O) groups is 1. The van der Waals surface area contributed by atoms with Crippen LogP contribution in [0.25, 0.3) is 21.5 Å². The van der Waals surface area contributed by atoms with Gasteiger partial charge in [0.1, 0.15) is 10.9 Å². The smallest absolute Gasteiger partial charge is 0.163 e. The molecule has 3 aromatic rings. The number of Topliss-reactive ketones (excluding diaryl/α,β-unsaturated/α-hetero) is 1. The Morgan fingerprint density at radius 2 is 2.04 bits per heavy atom. The van der Waals surface area contributed by atoms with E-state index < -0.39 is 11.7 Å². The average molecular weight is 398 g/mol. The molecule has 0 spiro atoms. The van der Waals surface area contributed by atoms with Gasteiger partial charge in [-0.15, -0.1) is 11.3 Å². The lowest BCUT2D eigenvalue weighted by molar-refractivity contribution is -0.138. The molecule has 6 heteroatoms. The third-order valence-electron chi connectivity index (χ3n) is 5.20. The first-order chi connectivity index (χ1) is 13.3. The van der Waals surface area contributed by atoms with Gasteiger partial charge < -0.3 is 4.74 Å². The minimum absolute atomic E-state index is 0.0102. The largest absolute Gasteiger partial charge is 0.360 e. The van der Waals surface area contributed by atoms with Crippen LogP contribution in [-0.2, 0) is 22.4 Å². The lowest BCUT2D eigenvalue weighted by atomic mass is 9.89. The van der Waals surface area contributed by atoms with Crippen LogP contribution in [0.4, 0.5) is 0 Å². The normalized spacial score (nSPS) is 15.6. The van der Waals surface area contributed by atoms with Crippen molar-refractivity contribution in [1.29, 1.82) is 0 Å². The maximum atomic E-state index is 12.7. The first-order valence-corrected chi connectivity index (χ1v) is 10.7. The summed E-state index contributed by atoms with van der Waals surface area (Å²) in [4.78, 5) is 20.1. The summed E-state index contributed by atoms with van der Waals surface area (Å²) in [5.74, 6) is -0.0102. The molecule has 1 aliphatic rings. The van der Waals surface area contributed by atoms with Gasteiger partial charge in [0.25, 0.3) is 0 Å². The number of fused-ring (bicyclic) bond motifs is 3. The summed E-state index contributed by atoms with van der Waals surface area (Å²) in [6, 6.07) is 1.97. The molecule has 0 aliphatic heterocycles. The molecule has 5 nitrogen and oxygen atoms in total. The van der Waals surface area contributed by atoms with Crippen LogP contribution in [-0.4, -0.2) is 26.6 Å². The number of H-pyrrole nitrogens is 1. The molecular weight excluding hydrogens is 370 g/mol. The summed E-state index contributed by atoms with van der Waals surface area (Å²) in [7, 11) is 0. The minimum Gasteiger partial charge on any atom is -0.360 e. The van der Waals surface area contributed by atoms with Crippen molar-refractivity contribution in [2.45, 2.75) is 72.0 Å². The Bertz CT molecular complexity index is 1030. The number of aryl methyl sites for hydroxylation is 3. The van der Waals surface area contributed by atoms with E-state index in [9.17, 15) is 4.79 Å². The zero-order valence-electron chi connectivity index (χ0n) is 17.2. The molecule has 0 amide bonds. The molecule has 1 atom stereocenters. The molecule has 0 saturated heterocycles. The van der Waals surface area contributed by atoms with Gasteiger partial charge in [-0.2, -0.15) is 5.10 Å². The van der Waals surface area contributed by atoms with E-state index in [0.29, 0.717) is 0 Å². The number of ether oxygens (including phenoxy) is 1. The van der Waals surface area contributed by atoms with Gasteiger partial charge in [-0.3, -0.25) is 9.89 Å². The molecule has 1 N–H and O–H groups in total. The van der Waals surface area contributed by atoms with Crippen LogP contribution < -0.4 is 0 Å². The lowest BCUT2D eigenvalue weighted by Crippen LogP contribution is -2.27. The highest BCUT2D eigenvalue weighted by Crippen LogP contribution is 2.45. The number of hydrogen-bond donors (Lipinski definition) is 1. The highest BCUT2D eigenvalue weighted by Gasteiger charge is 2.32. The summed E-state index contributed by atoms with van der Waals surface area (Å²) in [6.07, 6.45) is 5.70. The first-order valence-electron chi connectivity index (χ1n) is 9.89. The molecule has 1 aliphatic carbocycles. The Hall–Kier alpha value is -2.05. The maximum absolute atomic E-state index is 12.7. The molecule has 0 fully saturated rings. The number of aromatic amines is 1. The summed E-state index contributed by atoms with van der Waals surface area (Å²) < 4.78 is 6.25. The standard InChI is InChI=1S/C22H27N3O2S/c1-12-17(20(13(2)26)27-22(3,4)5)19(15-10-11-23-25-15)18-14-8-6-7-9-16(14)28-21(18)24-12/h10-11,20H,6-9H2,1-5H3,(H,23,25). The Morgan fingerprint density at radius 1 is 1.29 bits per heavy atom. The third-order valence-corrected chi connectivity index (χ3v) is 6.39. The number of hydrogen-bond acceptors (Lipinski definition) is 5. The molecule has 148 valence electrons. The van der Waals surface area contributed by atoms with Crippen LogP contribution in [0.15, 0.2) is 12.3 Å². The molecule has 0 radical (unpaired) electrons. The average Bonchev–Trinajstić information content (AvgIpc) is 3.25. The van der Waals surface area contributed by atoms with Crippen LogP contribution in [0.3, 0.4) is 0 Å². The van der Waals surface area contributed by atoms with Crippen LogP contribution in [0.5, 0.6) is 0 Å². The van der Waals surface area contributed by atoms with Crippen molar-refractivity contribution >= 4 is 27.3 Å². The fraction of sp³-hybridized carbons (Fsp3) is 0.500. The highest BCUT2D eigenvalue weighted by atomic mass is 32.1. The van der Waals surface area contributed by atoms with E-state index in [0.717, 1.165) is 40.2 Å². The van der Waals surface area contributed by atoms with Crippen molar-refractivity contribution < 1.29 is 9.53 Å². The van der Waals surface area contributed by atoms with E-state index in [-0.39, 0.29) is 5.78 Å². The van der Waals surface area contributed by atoms with Gasteiger partial charge in [0.05, 0.1) is 11.3 Å². The van der Waals surface area contributed by atoms with Crippen molar-refractivity contribution in [3.05, 3.63) is 34.0 Å². The number of rotatable bonds is 4. The molecule has 1 unspecified atom stereocenters. The van der Waals surface area contributed by atoms with Gasteiger partial charge in [0.15, 0.2) is 5.78 Å². The summed E-state index contributed by atoms with van der Waals surface area (Å²) in [5, 5.41) is 8.48. The Kier molecular flexibility index (Phi) is 4.88. The zero-order valence-corrected chi connectivity index (χ0v) is 18.0. The SMILES string of the molecule is CC(=O)C(OC(C)(C)C)c1c(C)nc2sc3c(c2c1-c1ccn[nH]1)CCCC3. The zero-order chi connectivity index (χ0) is 20.1. The molecule has 3 heterocycles. The molecule has 0 aromatic carbocycles. The van der Waals surface area contributed by atoms with Crippen molar-refractivity contribution in [2.24, 2.45) is 0 Å². The Balaban J connectivity index is 2.06. The van der Waals surface area contributed by atoms with Crippen LogP contribution >= 0.6 is 11.3 Å². The number of nitrogens with zero attached hydrogens (tertiary/aromatic N) is 2. The quantitative estimate of drug-likeness (QED) is 0.647. The molecule has 28 heavy (non-hydrogen) atoms. The van der Waals surface area contributed by atoms with Crippen molar-refractivity contribution in [1.82, 2.24) is 15.2 Å². The summed E-state index contributed by atoms with van der Waals surface area (Å²) in [6.45, 7) is 9.51. The van der Waals surface area contributed by atoms with Crippen LogP contribution in [0, 0.1) is 6.92 Å². The van der Waals surface area contributed by atoms with E-state index >= 15 is 0 Å². The van der Waals surface area contributed by atoms with Crippen LogP contribution in [0.1, 0.15) is 68.3 Å². The predicted molar refractivity (Wildman–Crippen MR) is 113 cm³/mol. The monoisotopic (exact) mass is 397 g/mol. The van der Waals surface area contributed by atoms with E-state index in [1.54, 1.807) is 24.5 Å². The summed E-state index contributed by atoms with van der Waals surface area (Å²) in [5.41, 5.74) is 4.61. The Labute approximate surface area is 169 Å². The summed E-state index contributed by atoms with van der Waals surface area (Å²) >= 11 is 1.80. The number of thiophene rings is 1. The fourth-order valence-electron chi connectivity index (χ4n) is 4.11. The van der Waals surface area contributed by atoms with Gasteiger partial charge in [-0.05, 0) is 71.9 Å². The fourth-order valence-corrected chi connectivity index (χ4v) is 5.43. The molecule has 0 bridgehead atoms. The third kappa shape index (κ3) is 3.40. The van der Waals surface area contributed by atoms with Gasteiger partial charge in [0, 0.05) is 33.3 Å². The van der Waals surface area contributed by atoms with Crippen molar-refractivity contribution in [3.63, 3.8) is 0 Å². The molecule has 4 rings (SSSR count). The second-order valence-electron chi connectivity index (χ2n) is 8.57. The second kappa shape index (κ2) is 7.08. The highest BCUT2D eigenvalue weighted by molar-refractivity contribution is 7.19. The number of nitrogens with one attached hydrogen (secondary N) is 1. The minimum atomic E-state index is -0.658. The molecule has 0 saturated carbocycles. The maximum Gasteiger partial charge on any atom is 0.163 e. The Morgan fingerprint density at radius 3 is 2.68 bits per heavy atom. The van der Waals surface area contributed by atoms with Gasteiger partial charge in [-0.1, -0.05) is 0 Å². The number of aromatic nitrogens is 3. The van der Waals surface area contributed by atoms with Crippen LogP contribution in [0.2, 0.25) is 0 Å². The van der Waals surface area contributed by atoms with E-state index in [1.807, 2.05) is 33.8 Å². The number of carbonyl (C=O) groups excluding carboxylic acids is 1. The molecule has 3 aromatic heterocycles. The van der Waals surface area contributed by atoms with Gasteiger partial charge >= 0.3 is 0 Å². The first kappa shape index (κ1) is 19.3.